The van der Waals surface area contributed by atoms with Crippen LogP contribution in [0.25, 0.3) is 11.1 Å². The van der Waals surface area contributed by atoms with Gasteiger partial charge >= 0.3 is 5.97 Å². The number of hydrogen-bond donors (Lipinski definition) is 1. The second-order valence-corrected chi connectivity index (χ2v) is 6.47. The van der Waals surface area contributed by atoms with E-state index in [2.05, 4.69) is 9.97 Å². The van der Waals surface area contributed by atoms with Gasteiger partial charge in [-0.05, 0) is 26.0 Å². The second-order valence-electron chi connectivity index (χ2n) is 4.86. The third-order valence-electron chi connectivity index (χ3n) is 2.89. The number of methoxy groups -OCH3 is 1. The van der Waals surface area contributed by atoms with Gasteiger partial charge in [0.15, 0.2) is 0 Å². The van der Waals surface area contributed by atoms with Crippen molar-refractivity contribution in [1.82, 2.24) is 9.97 Å². The minimum Gasteiger partial charge on any atom is -0.481 e. The van der Waals surface area contributed by atoms with Gasteiger partial charge in [0.1, 0.15) is 9.77 Å². The zero-order valence-corrected chi connectivity index (χ0v) is 12.8. The lowest BCUT2D eigenvalue weighted by molar-refractivity contribution is -0.138. The predicted octanol–water partition coefficient (Wildman–Crippen LogP) is 3.11. The largest absolute Gasteiger partial charge is 0.481 e. The molecule has 6 heteroatoms. The first kappa shape index (κ1) is 15.3. The molecule has 0 atom stereocenters. The number of aliphatic carboxylic acids is 1. The summed E-state index contributed by atoms with van der Waals surface area (Å²) in [6.07, 6.45) is 3.34. The molecule has 2 aromatic rings. The van der Waals surface area contributed by atoms with E-state index in [1.165, 1.54) is 11.8 Å². The van der Waals surface area contributed by atoms with Crippen molar-refractivity contribution in [3.8, 4) is 17.0 Å². The molecule has 2 heterocycles. The Morgan fingerprint density at radius 1 is 1.29 bits per heavy atom. The molecule has 0 bridgehead atoms. The van der Waals surface area contributed by atoms with Crippen LogP contribution in [0.5, 0.6) is 5.88 Å². The fraction of sp³-hybridized carbons (Fsp3) is 0.267. The molecule has 0 spiro atoms. The average Bonchev–Trinajstić information content (AvgIpc) is 2.47. The lowest BCUT2D eigenvalue weighted by Gasteiger charge is -2.19. The van der Waals surface area contributed by atoms with E-state index < -0.39 is 10.7 Å². The molecule has 0 fully saturated rings. The number of thioether (sulfide) groups is 1. The molecule has 0 aliphatic rings. The Morgan fingerprint density at radius 2 is 2.05 bits per heavy atom. The molecular formula is C15H16N2O3S. The molecule has 1 N–H and O–H groups in total. The summed E-state index contributed by atoms with van der Waals surface area (Å²) in [5.41, 5.74) is 1.72. The lowest BCUT2D eigenvalue weighted by Crippen LogP contribution is -2.27. The number of carbonyl (C=O) groups is 1. The van der Waals surface area contributed by atoms with Crippen LogP contribution in [0, 0.1) is 0 Å². The quantitative estimate of drug-likeness (QED) is 0.856. The van der Waals surface area contributed by atoms with Gasteiger partial charge in [-0.15, -0.1) is 0 Å². The van der Waals surface area contributed by atoms with Gasteiger partial charge in [0, 0.05) is 29.6 Å². The summed E-state index contributed by atoms with van der Waals surface area (Å²) in [7, 11) is 1.56. The lowest BCUT2D eigenvalue weighted by atomic mass is 10.1. The number of aromatic nitrogens is 2. The SMILES string of the molecule is COc1ccc(-c2cccnc2SC(C)(C)C(=O)O)cn1. The summed E-state index contributed by atoms with van der Waals surface area (Å²) >= 11 is 1.22. The minimum absolute atomic E-state index is 0.530. The Morgan fingerprint density at radius 3 is 2.62 bits per heavy atom. The van der Waals surface area contributed by atoms with Crippen molar-refractivity contribution in [2.24, 2.45) is 0 Å². The van der Waals surface area contributed by atoms with Crippen LogP contribution in [0.4, 0.5) is 0 Å². The van der Waals surface area contributed by atoms with Crippen LogP contribution in [0.15, 0.2) is 41.7 Å². The number of carboxylic acid groups (broad SMARTS) is 1. The van der Waals surface area contributed by atoms with Gasteiger partial charge in [-0.2, -0.15) is 0 Å². The molecule has 2 aromatic heterocycles. The normalized spacial score (nSPS) is 11.2. The van der Waals surface area contributed by atoms with Gasteiger partial charge in [0.05, 0.1) is 7.11 Å². The summed E-state index contributed by atoms with van der Waals surface area (Å²) in [5.74, 6) is -0.348. The van der Waals surface area contributed by atoms with Crippen molar-refractivity contribution in [2.45, 2.75) is 23.6 Å². The molecule has 0 aromatic carbocycles. The van der Waals surface area contributed by atoms with Crippen molar-refractivity contribution in [3.63, 3.8) is 0 Å². The van der Waals surface area contributed by atoms with Crippen LogP contribution >= 0.6 is 11.8 Å². The Kier molecular flexibility index (Phi) is 4.47. The zero-order valence-electron chi connectivity index (χ0n) is 12.0. The van der Waals surface area contributed by atoms with Gasteiger partial charge in [0.25, 0.3) is 0 Å². The second kappa shape index (κ2) is 6.13. The summed E-state index contributed by atoms with van der Waals surface area (Å²) < 4.78 is 4.08. The molecule has 0 aliphatic carbocycles. The fourth-order valence-electron chi connectivity index (χ4n) is 1.64. The molecule has 0 radical (unpaired) electrons. The highest BCUT2D eigenvalue weighted by Crippen LogP contribution is 2.37. The van der Waals surface area contributed by atoms with Crippen LogP contribution in [0.2, 0.25) is 0 Å². The maximum atomic E-state index is 11.3. The van der Waals surface area contributed by atoms with Crippen LogP contribution in [-0.2, 0) is 4.79 Å². The number of ether oxygens (including phenoxy) is 1. The highest BCUT2D eigenvalue weighted by Gasteiger charge is 2.30. The molecule has 0 aliphatic heterocycles. The molecule has 0 unspecified atom stereocenters. The fourth-order valence-corrected chi connectivity index (χ4v) is 2.62. The number of pyridine rings is 2. The van der Waals surface area contributed by atoms with Gasteiger partial charge in [-0.3, -0.25) is 4.79 Å². The van der Waals surface area contributed by atoms with Crippen molar-refractivity contribution in [2.75, 3.05) is 7.11 Å². The van der Waals surface area contributed by atoms with Crippen LogP contribution in [0.1, 0.15) is 13.8 Å². The van der Waals surface area contributed by atoms with E-state index in [9.17, 15) is 9.90 Å². The van der Waals surface area contributed by atoms with Crippen molar-refractivity contribution in [1.29, 1.82) is 0 Å². The van der Waals surface area contributed by atoms with E-state index in [4.69, 9.17) is 4.74 Å². The predicted molar refractivity (Wildman–Crippen MR) is 81.6 cm³/mol. The van der Waals surface area contributed by atoms with E-state index >= 15 is 0 Å². The van der Waals surface area contributed by atoms with E-state index in [-0.39, 0.29) is 0 Å². The first-order valence-electron chi connectivity index (χ1n) is 6.32. The third-order valence-corrected chi connectivity index (χ3v) is 4.10. The Hall–Kier alpha value is -2.08. The van der Waals surface area contributed by atoms with Crippen LogP contribution < -0.4 is 4.74 Å². The average molecular weight is 304 g/mol. The summed E-state index contributed by atoms with van der Waals surface area (Å²) in [6, 6.07) is 7.36. The number of rotatable bonds is 5. The zero-order chi connectivity index (χ0) is 15.5. The van der Waals surface area contributed by atoms with Crippen LogP contribution in [0.3, 0.4) is 0 Å². The van der Waals surface area contributed by atoms with E-state index in [0.29, 0.717) is 10.9 Å². The van der Waals surface area contributed by atoms with Crippen molar-refractivity contribution < 1.29 is 14.6 Å². The minimum atomic E-state index is -0.955. The molecule has 0 saturated carbocycles. The molecule has 0 amide bonds. The standard InChI is InChI=1S/C15H16N2O3S/c1-15(2,14(18)19)21-13-11(5-4-8-16-13)10-6-7-12(20-3)17-9-10/h4-9H,1-3H3,(H,18,19). The number of nitrogens with zero attached hydrogens (tertiary/aromatic N) is 2. The molecule has 21 heavy (non-hydrogen) atoms. The molecule has 5 nitrogen and oxygen atoms in total. The van der Waals surface area contributed by atoms with Gasteiger partial charge in [-0.25, -0.2) is 9.97 Å². The first-order valence-corrected chi connectivity index (χ1v) is 7.13. The topological polar surface area (TPSA) is 72.3 Å². The van der Waals surface area contributed by atoms with Crippen molar-refractivity contribution >= 4 is 17.7 Å². The van der Waals surface area contributed by atoms with E-state index in [0.717, 1.165) is 11.1 Å². The summed E-state index contributed by atoms with van der Waals surface area (Å²) in [6.45, 7) is 3.31. The van der Waals surface area contributed by atoms with Crippen molar-refractivity contribution in [3.05, 3.63) is 36.7 Å². The highest BCUT2D eigenvalue weighted by molar-refractivity contribution is 8.01. The smallest absolute Gasteiger partial charge is 0.319 e. The highest BCUT2D eigenvalue weighted by atomic mass is 32.2. The maximum absolute atomic E-state index is 11.3. The van der Waals surface area contributed by atoms with Gasteiger partial charge < -0.3 is 9.84 Å². The molecule has 2 rings (SSSR count). The number of hydrogen-bond acceptors (Lipinski definition) is 5. The Balaban J connectivity index is 2.38. The summed E-state index contributed by atoms with van der Waals surface area (Å²) in [5, 5.41) is 9.92. The first-order chi connectivity index (χ1) is 9.94. The molecular weight excluding hydrogens is 288 g/mol. The number of carboxylic acids is 1. The monoisotopic (exact) mass is 304 g/mol. The van der Waals surface area contributed by atoms with Gasteiger partial charge in [-0.1, -0.05) is 17.8 Å². The summed E-state index contributed by atoms with van der Waals surface area (Å²) in [4.78, 5) is 19.8. The molecule has 110 valence electrons. The Bertz CT molecular complexity index is 642. The third kappa shape index (κ3) is 3.52. The van der Waals surface area contributed by atoms with Crippen LogP contribution in [-0.4, -0.2) is 32.9 Å². The molecule has 0 saturated heterocycles. The van der Waals surface area contributed by atoms with E-state index in [1.807, 2.05) is 18.2 Å². The van der Waals surface area contributed by atoms with Gasteiger partial charge in [0.2, 0.25) is 5.88 Å². The van der Waals surface area contributed by atoms with E-state index in [1.54, 1.807) is 39.4 Å². The Labute approximate surface area is 127 Å². The maximum Gasteiger partial charge on any atom is 0.319 e.